The Hall–Kier alpha value is -0.620. The van der Waals surface area contributed by atoms with Crippen LogP contribution in [-0.2, 0) is 14.6 Å². The van der Waals surface area contributed by atoms with E-state index in [2.05, 4.69) is 5.32 Å². The maximum absolute atomic E-state index is 11.6. The zero-order valence-corrected chi connectivity index (χ0v) is 9.92. The SMILES string of the molecule is O=C(NCC1(O)CCC1)C1CCS(=O)(=O)C1. The number of hydrogen-bond acceptors (Lipinski definition) is 4. The molecule has 0 aromatic heterocycles. The molecule has 1 aliphatic heterocycles. The van der Waals surface area contributed by atoms with Gasteiger partial charge in [-0.25, -0.2) is 8.42 Å². The molecule has 1 atom stereocenters. The van der Waals surface area contributed by atoms with Crippen molar-refractivity contribution in [1.29, 1.82) is 0 Å². The summed E-state index contributed by atoms with van der Waals surface area (Å²) in [5, 5.41) is 12.4. The Bertz CT molecular complexity index is 386. The van der Waals surface area contributed by atoms with Gasteiger partial charge in [0, 0.05) is 6.54 Å². The van der Waals surface area contributed by atoms with Gasteiger partial charge in [0.25, 0.3) is 0 Å². The molecule has 2 rings (SSSR count). The summed E-state index contributed by atoms with van der Waals surface area (Å²) >= 11 is 0. The minimum Gasteiger partial charge on any atom is -0.388 e. The van der Waals surface area contributed by atoms with Crippen LogP contribution in [0.25, 0.3) is 0 Å². The molecular formula is C10H17NO4S. The summed E-state index contributed by atoms with van der Waals surface area (Å²) in [5.74, 6) is -0.595. The first kappa shape index (κ1) is 11.9. The van der Waals surface area contributed by atoms with Crippen molar-refractivity contribution in [1.82, 2.24) is 5.32 Å². The molecule has 0 radical (unpaired) electrons. The number of aliphatic hydroxyl groups is 1. The lowest BCUT2D eigenvalue weighted by atomic mass is 9.80. The van der Waals surface area contributed by atoms with Gasteiger partial charge in [0.05, 0.1) is 23.0 Å². The van der Waals surface area contributed by atoms with E-state index in [1.165, 1.54) is 0 Å². The molecule has 1 amide bonds. The van der Waals surface area contributed by atoms with Gasteiger partial charge in [-0.15, -0.1) is 0 Å². The van der Waals surface area contributed by atoms with Crippen LogP contribution in [-0.4, -0.2) is 43.1 Å². The van der Waals surface area contributed by atoms with E-state index in [1.54, 1.807) is 0 Å². The average molecular weight is 247 g/mol. The summed E-state index contributed by atoms with van der Waals surface area (Å²) in [7, 11) is -3.01. The van der Waals surface area contributed by atoms with Crippen molar-refractivity contribution in [3.8, 4) is 0 Å². The topological polar surface area (TPSA) is 83.5 Å². The summed E-state index contributed by atoms with van der Waals surface area (Å²) in [6, 6.07) is 0. The molecule has 1 heterocycles. The number of sulfone groups is 1. The highest BCUT2D eigenvalue weighted by Gasteiger charge is 2.37. The van der Waals surface area contributed by atoms with Crippen LogP contribution in [0.3, 0.4) is 0 Å². The highest BCUT2D eigenvalue weighted by atomic mass is 32.2. The first-order chi connectivity index (χ1) is 7.40. The van der Waals surface area contributed by atoms with E-state index in [9.17, 15) is 18.3 Å². The molecule has 5 nitrogen and oxygen atoms in total. The van der Waals surface area contributed by atoms with Gasteiger partial charge in [-0.3, -0.25) is 4.79 Å². The first-order valence-electron chi connectivity index (χ1n) is 5.61. The summed E-state index contributed by atoms with van der Waals surface area (Å²) in [6.07, 6.45) is 2.84. The van der Waals surface area contributed by atoms with Crippen LogP contribution in [0.15, 0.2) is 0 Å². The lowest BCUT2D eigenvalue weighted by Gasteiger charge is -2.36. The molecule has 1 unspecified atom stereocenters. The molecule has 0 spiro atoms. The van der Waals surface area contributed by atoms with Crippen molar-refractivity contribution in [3.05, 3.63) is 0 Å². The van der Waals surface area contributed by atoms with Gasteiger partial charge in [-0.2, -0.15) is 0 Å². The first-order valence-corrected chi connectivity index (χ1v) is 7.43. The molecule has 1 saturated carbocycles. The van der Waals surface area contributed by atoms with Crippen LogP contribution in [0.2, 0.25) is 0 Å². The Morgan fingerprint density at radius 1 is 1.44 bits per heavy atom. The van der Waals surface area contributed by atoms with Crippen LogP contribution in [0.1, 0.15) is 25.7 Å². The van der Waals surface area contributed by atoms with Crippen LogP contribution >= 0.6 is 0 Å². The number of amides is 1. The van der Waals surface area contributed by atoms with Gasteiger partial charge < -0.3 is 10.4 Å². The third-order valence-corrected chi connectivity index (χ3v) is 5.25. The second-order valence-corrected chi connectivity index (χ2v) is 7.12. The van der Waals surface area contributed by atoms with Crippen LogP contribution < -0.4 is 5.32 Å². The molecule has 1 aliphatic carbocycles. The zero-order valence-electron chi connectivity index (χ0n) is 9.11. The highest BCUT2D eigenvalue weighted by molar-refractivity contribution is 7.91. The molecule has 0 aromatic carbocycles. The Morgan fingerprint density at radius 3 is 2.56 bits per heavy atom. The Morgan fingerprint density at radius 2 is 2.12 bits per heavy atom. The molecule has 2 aliphatic rings. The summed E-state index contributed by atoms with van der Waals surface area (Å²) in [4.78, 5) is 11.6. The minimum atomic E-state index is -3.01. The van der Waals surface area contributed by atoms with Crippen molar-refractivity contribution in [2.45, 2.75) is 31.3 Å². The Balaban J connectivity index is 1.80. The molecule has 92 valence electrons. The minimum absolute atomic E-state index is 0.0444. The lowest BCUT2D eigenvalue weighted by molar-refractivity contribution is -0.126. The second-order valence-electron chi connectivity index (χ2n) is 4.90. The summed E-state index contributed by atoms with van der Waals surface area (Å²) in [5.41, 5.74) is -0.743. The fourth-order valence-corrected chi connectivity index (χ4v) is 3.90. The fourth-order valence-electron chi connectivity index (χ4n) is 2.16. The van der Waals surface area contributed by atoms with Crippen molar-refractivity contribution in [2.24, 2.45) is 5.92 Å². The molecule has 0 bridgehead atoms. The van der Waals surface area contributed by atoms with Gasteiger partial charge in [-0.1, -0.05) is 0 Å². The third-order valence-electron chi connectivity index (χ3n) is 3.48. The standard InChI is InChI=1S/C10H17NO4S/c12-9(8-2-5-16(14,15)6-8)11-7-10(13)3-1-4-10/h8,13H,1-7H2,(H,11,12). The molecule has 2 fully saturated rings. The number of hydrogen-bond donors (Lipinski definition) is 2. The third kappa shape index (κ3) is 2.55. The van der Waals surface area contributed by atoms with Gasteiger partial charge in [0.1, 0.15) is 0 Å². The van der Waals surface area contributed by atoms with Gasteiger partial charge in [-0.05, 0) is 25.7 Å². The van der Waals surface area contributed by atoms with Crippen LogP contribution in [0.5, 0.6) is 0 Å². The van der Waals surface area contributed by atoms with Crippen LogP contribution in [0, 0.1) is 5.92 Å². The van der Waals surface area contributed by atoms with E-state index in [0.29, 0.717) is 6.42 Å². The average Bonchev–Trinajstić information content (AvgIpc) is 2.52. The van der Waals surface area contributed by atoms with Crippen LogP contribution in [0.4, 0.5) is 0 Å². The number of carbonyl (C=O) groups is 1. The van der Waals surface area contributed by atoms with E-state index < -0.39 is 21.4 Å². The quantitative estimate of drug-likeness (QED) is 0.701. The van der Waals surface area contributed by atoms with Crippen molar-refractivity contribution in [2.75, 3.05) is 18.1 Å². The molecule has 1 saturated heterocycles. The molecule has 16 heavy (non-hydrogen) atoms. The maximum atomic E-state index is 11.6. The predicted molar refractivity (Wildman–Crippen MR) is 58.6 cm³/mol. The van der Waals surface area contributed by atoms with Crippen molar-refractivity contribution >= 4 is 15.7 Å². The summed E-state index contributed by atoms with van der Waals surface area (Å²) < 4.78 is 22.4. The fraction of sp³-hybridized carbons (Fsp3) is 0.900. The number of nitrogens with one attached hydrogen (secondary N) is 1. The maximum Gasteiger partial charge on any atom is 0.224 e. The molecule has 2 N–H and O–H groups in total. The largest absolute Gasteiger partial charge is 0.388 e. The van der Waals surface area contributed by atoms with E-state index in [4.69, 9.17) is 0 Å². The van der Waals surface area contributed by atoms with E-state index in [1.807, 2.05) is 0 Å². The Labute approximate surface area is 95.1 Å². The molecule has 0 aromatic rings. The van der Waals surface area contributed by atoms with Gasteiger partial charge in [0.2, 0.25) is 5.91 Å². The molecular weight excluding hydrogens is 230 g/mol. The smallest absolute Gasteiger partial charge is 0.224 e. The van der Waals surface area contributed by atoms with Gasteiger partial charge in [0.15, 0.2) is 9.84 Å². The van der Waals surface area contributed by atoms with E-state index >= 15 is 0 Å². The number of carbonyl (C=O) groups excluding carboxylic acids is 1. The second kappa shape index (κ2) is 4.00. The monoisotopic (exact) mass is 247 g/mol. The zero-order chi connectivity index (χ0) is 11.8. The summed E-state index contributed by atoms with van der Waals surface area (Å²) in [6.45, 7) is 0.252. The van der Waals surface area contributed by atoms with E-state index in [-0.39, 0.29) is 24.0 Å². The molecule has 6 heteroatoms. The number of rotatable bonds is 3. The normalized spacial score (nSPS) is 30.7. The van der Waals surface area contributed by atoms with Gasteiger partial charge >= 0.3 is 0 Å². The Kier molecular flexibility index (Phi) is 2.96. The highest BCUT2D eigenvalue weighted by Crippen LogP contribution is 2.30. The predicted octanol–water partition coefficient (Wildman–Crippen LogP) is -0.548. The lowest BCUT2D eigenvalue weighted by Crippen LogP contribution is -2.49. The van der Waals surface area contributed by atoms with E-state index in [0.717, 1.165) is 19.3 Å². The van der Waals surface area contributed by atoms with Crippen molar-refractivity contribution < 1.29 is 18.3 Å². The van der Waals surface area contributed by atoms with Crippen molar-refractivity contribution in [3.63, 3.8) is 0 Å².